The SMILES string of the molecule is O=C(NCCc1nccs1)C1CCc2sc(-c3ccncc3)nc2C1. The Balaban J connectivity index is 1.37. The van der Waals surface area contributed by atoms with Crippen LogP contribution in [-0.2, 0) is 24.1 Å². The van der Waals surface area contributed by atoms with Crippen LogP contribution in [-0.4, -0.2) is 27.4 Å². The lowest BCUT2D eigenvalue weighted by molar-refractivity contribution is -0.125. The van der Waals surface area contributed by atoms with Crippen molar-refractivity contribution < 1.29 is 4.79 Å². The highest BCUT2D eigenvalue weighted by atomic mass is 32.1. The molecule has 4 rings (SSSR count). The molecule has 1 aliphatic carbocycles. The number of rotatable bonds is 5. The van der Waals surface area contributed by atoms with Crippen molar-refractivity contribution in [2.45, 2.75) is 25.7 Å². The molecule has 3 heterocycles. The van der Waals surface area contributed by atoms with Crippen LogP contribution in [0.1, 0.15) is 22.0 Å². The standard InChI is InChI=1S/C18H18N4OS2/c23-17(21-8-5-16-20-9-10-24-16)13-1-2-15-14(11-13)22-18(25-15)12-3-6-19-7-4-12/h3-4,6-7,9-10,13H,1-2,5,8,11H2,(H,21,23). The molecule has 3 aromatic heterocycles. The molecule has 1 N–H and O–H groups in total. The number of hydrogen-bond donors (Lipinski definition) is 1. The van der Waals surface area contributed by atoms with Crippen molar-refractivity contribution in [2.24, 2.45) is 5.92 Å². The van der Waals surface area contributed by atoms with Gasteiger partial charge in [0, 0.05) is 59.7 Å². The number of thiazole rings is 2. The van der Waals surface area contributed by atoms with Crippen LogP contribution in [0.4, 0.5) is 0 Å². The van der Waals surface area contributed by atoms with Crippen LogP contribution in [0.2, 0.25) is 0 Å². The largest absolute Gasteiger partial charge is 0.355 e. The van der Waals surface area contributed by atoms with Gasteiger partial charge in [0.15, 0.2) is 0 Å². The molecule has 7 heteroatoms. The highest BCUT2D eigenvalue weighted by Gasteiger charge is 2.27. The van der Waals surface area contributed by atoms with Gasteiger partial charge in [-0.1, -0.05) is 0 Å². The molecule has 0 radical (unpaired) electrons. The van der Waals surface area contributed by atoms with Gasteiger partial charge in [-0.15, -0.1) is 22.7 Å². The summed E-state index contributed by atoms with van der Waals surface area (Å²) in [6.07, 6.45) is 8.73. The third-order valence-electron chi connectivity index (χ3n) is 4.36. The fraction of sp³-hybridized carbons (Fsp3) is 0.333. The summed E-state index contributed by atoms with van der Waals surface area (Å²) in [7, 11) is 0. The molecule has 3 aromatic rings. The third kappa shape index (κ3) is 3.77. The number of carbonyl (C=O) groups is 1. The number of aryl methyl sites for hydroxylation is 1. The van der Waals surface area contributed by atoms with Crippen LogP contribution in [0, 0.1) is 5.92 Å². The van der Waals surface area contributed by atoms with Crippen molar-refractivity contribution in [3.8, 4) is 10.6 Å². The van der Waals surface area contributed by atoms with Crippen molar-refractivity contribution in [1.82, 2.24) is 20.3 Å². The minimum atomic E-state index is 0.0242. The maximum atomic E-state index is 12.5. The first kappa shape index (κ1) is 16.4. The maximum absolute atomic E-state index is 12.5. The lowest BCUT2D eigenvalue weighted by Crippen LogP contribution is -2.35. The van der Waals surface area contributed by atoms with Crippen molar-refractivity contribution in [3.05, 3.63) is 51.7 Å². The molecule has 0 aliphatic heterocycles. The summed E-state index contributed by atoms with van der Waals surface area (Å²) >= 11 is 3.37. The first-order valence-electron chi connectivity index (χ1n) is 8.34. The van der Waals surface area contributed by atoms with Crippen molar-refractivity contribution >= 4 is 28.6 Å². The fourth-order valence-corrected chi connectivity index (χ4v) is 4.76. The summed E-state index contributed by atoms with van der Waals surface area (Å²) in [5.74, 6) is 0.164. The molecule has 1 aliphatic rings. The molecule has 5 nitrogen and oxygen atoms in total. The van der Waals surface area contributed by atoms with E-state index in [1.807, 2.05) is 17.5 Å². The second kappa shape index (κ2) is 7.41. The number of aromatic nitrogens is 3. The predicted molar refractivity (Wildman–Crippen MR) is 99.7 cm³/mol. The Kier molecular flexibility index (Phi) is 4.85. The van der Waals surface area contributed by atoms with E-state index in [-0.39, 0.29) is 11.8 Å². The van der Waals surface area contributed by atoms with Crippen LogP contribution in [0.3, 0.4) is 0 Å². The van der Waals surface area contributed by atoms with E-state index in [4.69, 9.17) is 4.98 Å². The van der Waals surface area contributed by atoms with E-state index >= 15 is 0 Å². The number of fused-ring (bicyclic) bond motifs is 1. The van der Waals surface area contributed by atoms with Gasteiger partial charge >= 0.3 is 0 Å². The minimum Gasteiger partial charge on any atom is -0.355 e. The highest BCUT2D eigenvalue weighted by molar-refractivity contribution is 7.15. The van der Waals surface area contributed by atoms with E-state index in [1.54, 1.807) is 41.3 Å². The van der Waals surface area contributed by atoms with E-state index in [0.29, 0.717) is 6.54 Å². The fourth-order valence-electron chi connectivity index (χ4n) is 3.03. The van der Waals surface area contributed by atoms with Gasteiger partial charge in [-0.05, 0) is 25.0 Å². The van der Waals surface area contributed by atoms with Crippen LogP contribution in [0.25, 0.3) is 10.6 Å². The van der Waals surface area contributed by atoms with E-state index in [2.05, 4.69) is 15.3 Å². The van der Waals surface area contributed by atoms with Crippen LogP contribution >= 0.6 is 22.7 Å². The molecular weight excluding hydrogens is 352 g/mol. The number of carbonyl (C=O) groups excluding carboxylic acids is 1. The Labute approximate surface area is 154 Å². The van der Waals surface area contributed by atoms with Crippen molar-refractivity contribution in [2.75, 3.05) is 6.54 Å². The van der Waals surface area contributed by atoms with E-state index < -0.39 is 0 Å². The van der Waals surface area contributed by atoms with Gasteiger partial charge in [0.25, 0.3) is 0 Å². The first-order chi connectivity index (χ1) is 12.3. The van der Waals surface area contributed by atoms with Gasteiger partial charge in [-0.25, -0.2) is 9.97 Å². The molecule has 0 bridgehead atoms. The van der Waals surface area contributed by atoms with Crippen LogP contribution < -0.4 is 5.32 Å². The molecule has 0 spiro atoms. The van der Waals surface area contributed by atoms with Crippen molar-refractivity contribution in [3.63, 3.8) is 0 Å². The van der Waals surface area contributed by atoms with Gasteiger partial charge in [0.2, 0.25) is 5.91 Å². The summed E-state index contributed by atoms with van der Waals surface area (Å²) < 4.78 is 0. The predicted octanol–water partition coefficient (Wildman–Crippen LogP) is 3.13. The van der Waals surface area contributed by atoms with Gasteiger partial charge in [0.05, 0.1) is 10.7 Å². The zero-order valence-corrected chi connectivity index (χ0v) is 15.3. The molecule has 25 heavy (non-hydrogen) atoms. The third-order valence-corrected chi connectivity index (χ3v) is 6.40. The first-order valence-corrected chi connectivity index (χ1v) is 10.0. The van der Waals surface area contributed by atoms with Crippen LogP contribution in [0.15, 0.2) is 36.1 Å². The Hall–Kier alpha value is -2.12. The molecule has 0 saturated heterocycles. The van der Waals surface area contributed by atoms with E-state index in [9.17, 15) is 4.79 Å². The number of pyridine rings is 1. The molecule has 0 fully saturated rings. The second-order valence-corrected chi connectivity index (χ2v) is 8.09. The quantitative estimate of drug-likeness (QED) is 0.749. The number of nitrogens with zero attached hydrogens (tertiary/aromatic N) is 3. The average molecular weight is 371 g/mol. The molecule has 1 atom stereocenters. The Morgan fingerprint density at radius 3 is 2.96 bits per heavy atom. The Morgan fingerprint density at radius 2 is 2.16 bits per heavy atom. The molecule has 1 unspecified atom stereocenters. The summed E-state index contributed by atoms with van der Waals surface area (Å²) in [6, 6.07) is 3.96. The zero-order valence-electron chi connectivity index (χ0n) is 13.6. The summed E-state index contributed by atoms with van der Waals surface area (Å²) in [5.41, 5.74) is 2.18. The molecular formula is C18H18N4OS2. The van der Waals surface area contributed by atoms with E-state index in [0.717, 1.165) is 47.0 Å². The zero-order chi connectivity index (χ0) is 17.1. The number of hydrogen-bond acceptors (Lipinski definition) is 6. The summed E-state index contributed by atoms with van der Waals surface area (Å²) in [4.78, 5) is 26.8. The highest BCUT2D eigenvalue weighted by Crippen LogP contribution is 2.34. The number of nitrogens with one attached hydrogen (secondary N) is 1. The second-order valence-electron chi connectivity index (χ2n) is 6.03. The number of amides is 1. The molecule has 0 aromatic carbocycles. The summed E-state index contributed by atoms with van der Waals surface area (Å²) in [6.45, 7) is 0.648. The van der Waals surface area contributed by atoms with Gasteiger partial charge in [-0.3, -0.25) is 9.78 Å². The van der Waals surface area contributed by atoms with Gasteiger partial charge in [-0.2, -0.15) is 0 Å². The Morgan fingerprint density at radius 1 is 1.28 bits per heavy atom. The molecule has 1 amide bonds. The smallest absolute Gasteiger partial charge is 0.223 e. The topological polar surface area (TPSA) is 67.8 Å². The van der Waals surface area contributed by atoms with Gasteiger partial charge < -0.3 is 5.32 Å². The summed E-state index contributed by atoms with van der Waals surface area (Å²) in [5, 5.41) is 7.10. The minimum absolute atomic E-state index is 0.0242. The Bertz CT molecular complexity index is 845. The monoisotopic (exact) mass is 370 g/mol. The van der Waals surface area contributed by atoms with E-state index in [1.165, 1.54) is 4.88 Å². The average Bonchev–Trinajstić information content (AvgIpc) is 3.31. The van der Waals surface area contributed by atoms with Crippen molar-refractivity contribution in [1.29, 1.82) is 0 Å². The maximum Gasteiger partial charge on any atom is 0.223 e. The normalized spacial score (nSPS) is 16.4. The van der Waals surface area contributed by atoms with Crippen LogP contribution in [0.5, 0.6) is 0 Å². The lowest BCUT2D eigenvalue weighted by atomic mass is 9.90. The van der Waals surface area contributed by atoms with Gasteiger partial charge in [0.1, 0.15) is 5.01 Å². The lowest BCUT2D eigenvalue weighted by Gasteiger charge is -2.20. The molecule has 0 saturated carbocycles. The molecule has 128 valence electrons.